The van der Waals surface area contributed by atoms with Crippen LogP contribution < -0.4 is 0 Å². The van der Waals surface area contributed by atoms with Crippen molar-refractivity contribution in [2.75, 3.05) is 0 Å². The summed E-state index contributed by atoms with van der Waals surface area (Å²) in [5.74, 6) is 1.90. The lowest BCUT2D eigenvalue weighted by Gasteiger charge is -2.31. The third-order valence-electron chi connectivity index (χ3n) is 2.86. The summed E-state index contributed by atoms with van der Waals surface area (Å²) < 4.78 is 13.0. The average molecular weight is 188 g/mol. The molecule has 1 fully saturated rings. The first kappa shape index (κ1) is 12.9. The summed E-state index contributed by atoms with van der Waals surface area (Å²) in [6.07, 6.45) is 2.31. The largest absolute Gasteiger partial charge is 0.247 e. The van der Waals surface area contributed by atoms with Crippen LogP contribution in [0.5, 0.6) is 0 Å². The van der Waals surface area contributed by atoms with Gasteiger partial charge in [0.2, 0.25) is 0 Å². The minimum atomic E-state index is -0.522. The molecule has 80 valence electrons. The summed E-state index contributed by atoms with van der Waals surface area (Å²) in [6, 6.07) is 0. The van der Waals surface area contributed by atoms with Crippen molar-refractivity contribution in [2.45, 2.75) is 60.1 Å². The van der Waals surface area contributed by atoms with Gasteiger partial charge < -0.3 is 0 Å². The quantitative estimate of drug-likeness (QED) is 0.570. The molecule has 0 aromatic carbocycles. The van der Waals surface area contributed by atoms with Gasteiger partial charge in [0.15, 0.2) is 0 Å². The minimum absolute atomic E-state index is 0.522. The van der Waals surface area contributed by atoms with E-state index in [-0.39, 0.29) is 0 Å². The van der Waals surface area contributed by atoms with Gasteiger partial charge in [-0.1, -0.05) is 34.6 Å². The monoisotopic (exact) mass is 188 g/mol. The summed E-state index contributed by atoms with van der Waals surface area (Å²) in [6.45, 7) is 10.6. The maximum absolute atomic E-state index is 13.0. The second-order valence-corrected chi connectivity index (χ2v) is 4.41. The standard InChI is InChI=1S/C10H19F.C2H6/c1-7(2)9-4-8(3)5-10(11)6-9;1-2/h7-10H,4-6H2,1-3H3;1-2H3. The Labute approximate surface area is 82.9 Å². The highest BCUT2D eigenvalue weighted by atomic mass is 19.1. The predicted octanol–water partition coefficient (Wildman–Crippen LogP) is 4.44. The third-order valence-corrected chi connectivity index (χ3v) is 2.86. The normalized spacial score (nSPS) is 33.9. The zero-order valence-electron chi connectivity index (χ0n) is 9.81. The molecule has 0 aromatic rings. The summed E-state index contributed by atoms with van der Waals surface area (Å²) in [5, 5.41) is 0. The number of rotatable bonds is 1. The smallest absolute Gasteiger partial charge is 0.101 e. The molecule has 3 unspecified atom stereocenters. The van der Waals surface area contributed by atoms with Crippen molar-refractivity contribution in [1.82, 2.24) is 0 Å². The van der Waals surface area contributed by atoms with Gasteiger partial charge in [0, 0.05) is 0 Å². The van der Waals surface area contributed by atoms with Gasteiger partial charge in [-0.3, -0.25) is 0 Å². The fourth-order valence-corrected chi connectivity index (χ4v) is 2.11. The SMILES string of the molecule is CC.CC1CC(F)CC(C(C)C)C1. The van der Waals surface area contributed by atoms with Crippen LogP contribution in [-0.2, 0) is 0 Å². The molecule has 0 heterocycles. The van der Waals surface area contributed by atoms with Crippen molar-refractivity contribution in [3.8, 4) is 0 Å². The molecule has 1 saturated carbocycles. The van der Waals surface area contributed by atoms with Crippen LogP contribution in [0.15, 0.2) is 0 Å². The van der Waals surface area contributed by atoms with Gasteiger partial charge in [-0.15, -0.1) is 0 Å². The van der Waals surface area contributed by atoms with Crippen LogP contribution in [0.3, 0.4) is 0 Å². The number of alkyl halides is 1. The van der Waals surface area contributed by atoms with Gasteiger partial charge in [-0.2, -0.15) is 0 Å². The van der Waals surface area contributed by atoms with E-state index in [1.54, 1.807) is 0 Å². The van der Waals surface area contributed by atoms with Gasteiger partial charge in [0.25, 0.3) is 0 Å². The van der Waals surface area contributed by atoms with Crippen molar-refractivity contribution in [2.24, 2.45) is 17.8 Å². The Morgan fingerprint density at radius 1 is 1.08 bits per heavy atom. The highest BCUT2D eigenvalue weighted by molar-refractivity contribution is 4.78. The van der Waals surface area contributed by atoms with Crippen LogP contribution in [0.2, 0.25) is 0 Å². The second kappa shape index (κ2) is 6.39. The van der Waals surface area contributed by atoms with Crippen LogP contribution in [-0.4, -0.2) is 6.17 Å². The fourth-order valence-electron chi connectivity index (χ4n) is 2.11. The van der Waals surface area contributed by atoms with Crippen molar-refractivity contribution in [1.29, 1.82) is 0 Å². The highest BCUT2D eigenvalue weighted by Crippen LogP contribution is 2.34. The molecule has 0 spiro atoms. The Bertz CT molecular complexity index is 110. The lowest BCUT2D eigenvalue weighted by atomic mass is 9.76. The van der Waals surface area contributed by atoms with Crippen molar-refractivity contribution in [3.05, 3.63) is 0 Å². The van der Waals surface area contributed by atoms with E-state index in [1.807, 2.05) is 13.8 Å². The van der Waals surface area contributed by atoms with Crippen molar-refractivity contribution >= 4 is 0 Å². The van der Waals surface area contributed by atoms with E-state index >= 15 is 0 Å². The zero-order valence-corrected chi connectivity index (χ0v) is 9.81. The molecule has 3 atom stereocenters. The molecular formula is C12H25F. The molecule has 1 aliphatic rings. The molecule has 1 heteroatoms. The van der Waals surface area contributed by atoms with Gasteiger partial charge >= 0.3 is 0 Å². The molecule has 0 aromatic heterocycles. The Hall–Kier alpha value is -0.0700. The first-order valence-electron chi connectivity index (χ1n) is 5.73. The molecule has 0 saturated heterocycles. The second-order valence-electron chi connectivity index (χ2n) is 4.41. The van der Waals surface area contributed by atoms with Gasteiger partial charge in [0.05, 0.1) is 0 Å². The van der Waals surface area contributed by atoms with Gasteiger partial charge in [-0.05, 0) is 37.0 Å². The third kappa shape index (κ3) is 4.64. The molecule has 0 amide bonds. The van der Waals surface area contributed by atoms with Crippen LogP contribution in [0.4, 0.5) is 4.39 Å². The molecule has 0 radical (unpaired) electrons. The van der Waals surface area contributed by atoms with E-state index in [0.29, 0.717) is 17.8 Å². The minimum Gasteiger partial charge on any atom is -0.247 e. The molecular weight excluding hydrogens is 163 g/mol. The summed E-state index contributed by atoms with van der Waals surface area (Å²) in [4.78, 5) is 0. The maximum atomic E-state index is 13.0. The van der Waals surface area contributed by atoms with E-state index in [2.05, 4.69) is 20.8 Å². The Morgan fingerprint density at radius 2 is 1.62 bits per heavy atom. The van der Waals surface area contributed by atoms with Crippen LogP contribution >= 0.6 is 0 Å². The zero-order chi connectivity index (χ0) is 10.4. The number of hydrogen-bond donors (Lipinski definition) is 0. The van der Waals surface area contributed by atoms with Gasteiger partial charge in [0.1, 0.15) is 6.17 Å². The van der Waals surface area contributed by atoms with E-state index < -0.39 is 6.17 Å². The molecule has 0 aliphatic heterocycles. The lowest BCUT2D eigenvalue weighted by molar-refractivity contribution is 0.129. The lowest BCUT2D eigenvalue weighted by Crippen LogP contribution is -2.25. The van der Waals surface area contributed by atoms with E-state index in [9.17, 15) is 4.39 Å². The first-order valence-corrected chi connectivity index (χ1v) is 5.73. The topological polar surface area (TPSA) is 0 Å². The highest BCUT2D eigenvalue weighted by Gasteiger charge is 2.27. The molecule has 0 nitrogen and oxygen atoms in total. The van der Waals surface area contributed by atoms with Crippen LogP contribution in [0, 0.1) is 17.8 Å². The van der Waals surface area contributed by atoms with Crippen molar-refractivity contribution < 1.29 is 4.39 Å². The van der Waals surface area contributed by atoms with Crippen LogP contribution in [0.25, 0.3) is 0 Å². The van der Waals surface area contributed by atoms with E-state index in [4.69, 9.17) is 0 Å². The Kier molecular flexibility index (Phi) is 6.36. The molecule has 0 bridgehead atoms. The van der Waals surface area contributed by atoms with Crippen molar-refractivity contribution in [3.63, 3.8) is 0 Å². The fraction of sp³-hybridized carbons (Fsp3) is 1.00. The summed E-state index contributed by atoms with van der Waals surface area (Å²) in [5.41, 5.74) is 0. The number of hydrogen-bond acceptors (Lipinski definition) is 0. The Balaban J connectivity index is 0.000000671. The van der Waals surface area contributed by atoms with E-state index in [1.165, 1.54) is 6.42 Å². The average Bonchev–Trinajstić information content (AvgIpc) is 2.06. The van der Waals surface area contributed by atoms with E-state index in [0.717, 1.165) is 12.8 Å². The molecule has 13 heavy (non-hydrogen) atoms. The molecule has 0 N–H and O–H groups in total. The van der Waals surface area contributed by atoms with Crippen LogP contribution in [0.1, 0.15) is 53.9 Å². The number of halogens is 1. The summed E-state index contributed by atoms with van der Waals surface area (Å²) in [7, 11) is 0. The maximum Gasteiger partial charge on any atom is 0.101 e. The predicted molar refractivity (Wildman–Crippen MR) is 57.6 cm³/mol. The summed E-state index contributed by atoms with van der Waals surface area (Å²) >= 11 is 0. The van der Waals surface area contributed by atoms with Gasteiger partial charge in [-0.25, -0.2) is 4.39 Å². The molecule has 1 rings (SSSR count). The molecule has 1 aliphatic carbocycles. The Morgan fingerprint density at radius 3 is 2.00 bits per heavy atom. The first-order chi connectivity index (χ1) is 6.09.